The third-order valence-electron chi connectivity index (χ3n) is 13.5. The molecule has 0 amide bonds. The summed E-state index contributed by atoms with van der Waals surface area (Å²) in [6.07, 6.45) is 0. The van der Waals surface area contributed by atoms with Gasteiger partial charge in [-0.05, 0) is 113 Å². The summed E-state index contributed by atoms with van der Waals surface area (Å²) < 4.78 is 0. The first-order chi connectivity index (χ1) is 31.2. The highest BCUT2D eigenvalue weighted by atomic mass is 14.9. The zero-order chi connectivity index (χ0) is 41.5. The monoisotopic (exact) mass is 798 g/mol. The Labute approximate surface area is 366 Å². The minimum Gasteiger partial charge on any atom is -0.228 e. The van der Waals surface area contributed by atoms with Gasteiger partial charge in [0.2, 0.25) is 0 Å². The normalized spacial score (nSPS) is 12.9. The molecule has 63 heavy (non-hydrogen) atoms. The fourth-order valence-corrected chi connectivity index (χ4v) is 10.7. The zero-order valence-corrected chi connectivity index (χ0v) is 34.3. The van der Waals surface area contributed by atoms with Gasteiger partial charge in [-0.2, -0.15) is 0 Å². The van der Waals surface area contributed by atoms with E-state index < -0.39 is 5.41 Å². The van der Waals surface area contributed by atoms with Crippen molar-refractivity contribution in [2.45, 2.75) is 5.41 Å². The Morgan fingerprint density at radius 3 is 1.38 bits per heavy atom. The van der Waals surface area contributed by atoms with Crippen LogP contribution in [0.1, 0.15) is 22.3 Å². The first kappa shape index (κ1) is 35.5. The smallest absolute Gasteiger partial charge is 0.160 e. The lowest BCUT2D eigenvalue weighted by molar-refractivity contribution is 0.796. The standard InChI is InChI=1S/C61H38N2/c1-3-15-39(16-4-1)40-27-31-42(32-28-40)57-38-58(63-60(62-57)44-17-5-2-6-18-44)43-33-29-41(30-34-43)51-37-56-59(50-24-10-9-21-47(50)51)52-35-45-19-7-8-20-46(45)36-55(52)61(56)53-25-13-11-22-48(53)49-23-12-14-26-54(49)61/h1-38H. The molecule has 0 atom stereocenters. The van der Waals surface area contributed by atoms with Crippen molar-refractivity contribution in [2.24, 2.45) is 0 Å². The largest absolute Gasteiger partial charge is 0.228 e. The summed E-state index contributed by atoms with van der Waals surface area (Å²) in [5.74, 6) is 0.707. The van der Waals surface area contributed by atoms with Crippen LogP contribution in [0.15, 0.2) is 231 Å². The molecule has 292 valence electrons. The van der Waals surface area contributed by atoms with Gasteiger partial charge in [-0.3, -0.25) is 0 Å². The number of benzene rings is 10. The van der Waals surface area contributed by atoms with Crippen LogP contribution in [-0.2, 0) is 5.41 Å². The van der Waals surface area contributed by atoms with Crippen LogP contribution >= 0.6 is 0 Å². The minimum absolute atomic E-state index is 0.467. The van der Waals surface area contributed by atoms with Gasteiger partial charge >= 0.3 is 0 Å². The SMILES string of the molecule is c1ccc(-c2ccc(-c3cc(-c4ccc(-c5cc6c(c7ccccc57)-c5cc7ccccc7cc5C65c6ccccc6-c6ccccc65)cc4)nc(-c4ccccc4)n3)cc2)cc1. The molecule has 1 spiro atoms. The second-order valence-corrected chi connectivity index (χ2v) is 16.8. The Morgan fingerprint density at radius 1 is 0.270 bits per heavy atom. The van der Waals surface area contributed by atoms with Gasteiger partial charge in [0.15, 0.2) is 5.82 Å². The molecule has 0 aliphatic heterocycles. The molecule has 0 unspecified atom stereocenters. The molecular formula is C61H38N2. The second kappa shape index (κ2) is 13.9. The van der Waals surface area contributed by atoms with Crippen molar-refractivity contribution in [3.8, 4) is 78.4 Å². The van der Waals surface area contributed by atoms with Crippen LogP contribution in [0.4, 0.5) is 0 Å². The van der Waals surface area contributed by atoms with E-state index in [2.05, 4.69) is 212 Å². The Morgan fingerprint density at radius 2 is 0.746 bits per heavy atom. The predicted octanol–water partition coefficient (Wildman–Crippen LogP) is 15.5. The van der Waals surface area contributed by atoms with Gasteiger partial charge in [0.1, 0.15) is 0 Å². The van der Waals surface area contributed by atoms with Gasteiger partial charge in [-0.1, -0.05) is 206 Å². The van der Waals surface area contributed by atoms with E-state index in [4.69, 9.17) is 9.97 Å². The fraction of sp³-hybridized carbons (Fsp3) is 0.0164. The summed E-state index contributed by atoms with van der Waals surface area (Å²) >= 11 is 0. The van der Waals surface area contributed by atoms with Crippen LogP contribution in [0, 0.1) is 0 Å². The summed E-state index contributed by atoms with van der Waals surface area (Å²) in [5.41, 5.74) is 19.8. The van der Waals surface area contributed by atoms with Crippen molar-refractivity contribution in [1.29, 1.82) is 0 Å². The molecule has 0 saturated heterocycles. The third kappa shape index (κ3) is 5.38. The maximum absolute atomic E-state index is 5.19. The topological polar surface area (TPSA) is 25.8 Å². The van der Waals surface area contributed by atoms with Crippen molar-refractivity contribution in [3.63, 3.8) is 0 Å². The Hall–Kier alpha value is -8.20. The lowest BCUT2D eigenvalue weighted by Gasteiger charge is -2.31. The van der Waals surface area contributed by atoms with E-state index in [1.54, 1.807) is 0 Å². The van der Waals surface area contributed by atoms with Crippen molar-refractivity contribution in [1.82, 2.24) is 9.97 Å². The molecule has 11 aromatic rings. The molecule has 2 aliphatic carbocycles. The summed E-state index contributed by atoms with van der Waals surface area (Å²) in [5, 5.41) is 5.04. The summed E-state index contributed by atoms with van der Waals surface area (Å²) in [7, 11) is 0. The Bertz CT molecular complexity index is 3540. The molecular weight excluding hydrogens is 761 g/mol. The maximum Gasteiger partial charge on any atom is 0.160 e. The van der Waals surface area contributed by atoms with E-state index in [1.165, 1.54) is 88.3 Å². The highest BCUT2D eigenvalue weighted by Gasteiger charge is 2.52. The molecule has 2 aliphatic rings. The van der Waals surface area contributed by atoms with Gasteiger partial charge in [-0.15, -0.1) is 0 Å². The number of hydrogen-bond acceptors (Lipinski definition) is 2. The van der Waals surface area contributed by atoms with Gasteiger partial charge in [0, 0.05) is 16.7 Å². The molecule has 0 saturated carbocycles. The van der Waals surface area contributed by atoms with Gasteiger partial charge in [0.05, 0.1) is 16.8 Å². The molecule has 13 rings (SSSR count). The lowest BCUT2D eigenvalue weighted by atomic mass is 9.69. The Balaban J connectivity index is 0.988. The van der Waals surface area contributed by atoms with E-state index in [1.807, 2.05) is 18.2 Å². The molecule has 1 aromatic heterocycles. The average molecular weight is 799 g/mol. The van der Waals surface area contributed by atoms with Crippen molar-refractivity contribution in [2.75, 3.05) is 0 Å². The molecule has 2 nitrogen and oxygen atoms in total. The molecule has 0 fully saturated rings. The third-order valence-corrected chi connectivity index (χ3v) is 13.5. The van der Waals surface area contributed by atoms with Crippen molar-refractivity contribution >= 4 is 21.5 Å². The molecule has 0 N–H and O–H groups in total. The van der Waals surface area contributed by atoms with E-state index in [0.29, 0.717) is 5.82 Å². The van der Waals surface area contributed by atoms with Crippen LogP contribution in [-0.4, -0.2) is 9.97 Å². The zero-order valence-electron chi connectivity index (χ0n) is 34.3. The van der Waals surface area contributed by atoms with Crippen LogP contribution in [0.5, 0.6) is 0 Å². The first-order valence-corrected chi connectivity index (χ1v) is 21.7. The van der Waals surface area contributed by atoms with Gasteiger partial charge < -0.3 is 0 Å². The highest BCUT2D eigenvalue weighted by Crippen LogP contribution is 2.65. The molecule has 10 aromatic carbocycles. The number of rotatable bonds is 5. The fourth-order valence-electron chi connectivity index (χ4n) is 10.7. The van der Waals surface area contributed by atoms with Crippen LogP contribution < -0.4 is 0 Å². The number of nitrogens with zero attached hydrogens (tertiary/aromatic N) is 2. The maximum atomic E-state index is 5.19. The molecule has 0 bridgehead atoms. The molecule has 0 radical (unpaired) electrons. The van der Waals surface area contributed by atoms with Crippen LogP contribution in [0.25, 0.3) is 100.0 Å². The van der Waals surface area contributed by atoms with Gasteiger partial charge in [0.25, 0.3) is 0 Å². The summed E-state index contributed by atoms with van der Waals surface area (Å²) in [6, 6.07) is 84.0. The molecule has 1 heterocycles. The van der Waals surface area contributed by atoms with Gasteiger partial charge in [-0.25, -0.2) is 9.97 Å². The quantitative estimate of drug-likeness (QED) is 0.173. The van der Waals surface area contributed by atoms with Crippen LogP contribution in [0.3, 0.4) is 0 Å². The Kier molecular flexibility index (Phi) is 7.85. The minimum atomic E-state index is -0.467. The van der Waals surface area contributed by atoms with E-state index >= 15 is 0 Å². The predicted molar refractivity (Wildman–Crippen MR) is 261 cm³/mol. The van der Waals surface area contributed by atoms with E-state index in [-0.39, 0.29) is 0 Å². The highest BCUT2D eigenvalue weighted by molar-refractivity contribution is 6.12. The number of aromatic nitrogens is 2. The molecule has 2 heteroatoms. The van der Waals surface area contributed by atoms with E-state index in [0.717, 1.165) is 28.1 Å². The van der Waals surface area contributed by atoms with Crippen molar-refractivity contribution < 1.29 is 0 Å². The summed E-state index contributed by atoms with van der Waals surface area (Å²) in [4.78, 5) is 10.3. The number of hydrogen-bond donors (Lipinski definition) is 0. The van der Waals surface area contributed by atoms with Crippen molar-refractivity contribution in [3.05, 3.63) is 253 Å². The van der Waals surface area contributed by atoms with Crippen LogP contribution in [0.2, 0.25) is 0 Å². The lowest BCUT2D eigenvalue weighted by Crippen LogP contribution is -2.26. The first-order valence-electron chi connectivity index (χ1n) is 21.7. The number of fused-ring (bicyclic) bond motifs is 13. The average Bonchev–Trinajstić information content (AvgIpc) is 3.82. The second-order valence-electron chi connectivity index (χ2n) is 16.8. The summed E-state index contributed by atoms with van der Waals surface area (Å²) in [6.45, 7) is 0. The van der Waals surface area contributed by atoms with E-state index in [9.17, 15) is 0 Å².